The number of rotatable bonds is 5. The molecule has 0 aliphatic heterocycles. The second-order valence-corrected chi connectivity index (χ2v) is 4.42. The van der Waals surface area contributed by atoms with E-state index >= 15 is 0 Å². The Balaban J connectivity index is 2.37. The number of esters is 1. The summed E-state index contributed by atoms with van der Waals surface area (Å²) in [5.74, 6) is -1.00. The molecule has 2 aromatic rings. The van der Waals surface area contributed by atoms with Gasteiger partial charge in [-0.1, -0.05) is 42.5 Å². The molecule has 0 aromatic heterocycles. The quantitative estimate of drug-likeness (QED) is 0.824. The Morgan fingerprint density at radius 1 is 1.05 bits per heavy atom. The van der Waals surface area contributed by atoms with Gasteiger partial charge in [0.1, 0.15) is 0 Å². The van der Waals surface area contributed by atoms with Crippen LogP contribution in [0.1, 0.15) is 22.0 Å². The Morgan fingerprint density at radius 3 is 2.29 bits per heavy atom. The predicted molar refractivity (Wildman–Crippen MR) is 79.8 cm³/mol. The lowest BCUT2D eigenvalue weighted by Gasteiger charge is -2.19. The third-order valence-electron chi connectivity index (χ3n) is 3.06. The number of amides is 1. The maximum atomic E-state index is 12.0. The van der Waals surface area contributed by atoms with Crippen LogP contribution in [0.15, 0.2) is 54.6 Å². The molecule has 0 heterocycles. The molecule has 1 amide bonds. The van der Waals surface area contributed by atoms with Gasteiger partial charge in [-0.05, 0) is 17.7 Å². The van der Waals surface area contributed by atoms with E-state index < -0.39 is 17.9 Å². The molecule has 2 rings (SSSR count). The smallest absolute Gasteiger partial charge is 0.332 e. The number of carbonyl (C=O) groups is 2. The van der Waals surface area contributed by atoms with Gasteiger partial charge in [-0.15, -0.1) is 0 Å². The molecule has 0 aliphatic rings. The Labute approximate surface area is 122 Å². The molecular formula is C16H16N2O3. The summed E-state index contributed by atoms with van der Waals surface area (Å²) in [6.45, 7) is 0. The van der Waals surface area contributed by atoms with Crippen LogP contribution >= 0.6 is 0 Å². The van der Waals surface area contributed by atoms with E-state index in [0.717, 1.165) is 5.56 Å². The zero-order chi connectivity index (χ0) is 15.2. The molecular weight excluding hydrogens is 268 g/mol. The highest BCUT2D eigenvalue weighted by atomic mass is 16.5. The molecule has 0 bridgehead atoms. The van der Waals surface area contributed by atoms with Crippen molar-refractivity contribution in [3.8, 4) is 0 Å². The van der Waals surface area contributed by atoms with Crippen molar-refractivity contribution in [2.24, 2.45) is 5.73 Å². The number of anilines is 1. The Kier molecular flexibility index (Phi) is 4.56. The maximum Gasteiger partial charge on any atom is 0.332 e. The van der Waals surface area contributed by atoms with Crippen LogP contribution in [0, 0.1) is 0 Å². The zero-order valence-electron chi connectivity index (χ0n) is 11.6. The van der Waals surface area contributed by atoms with Crippen molar-refractivity contribution in [1.82, 2.24) is 0 Å². The first-order valence-electron chi connectivity index (χ1n) is 6.41. The molecule has 0 saturated carbocycles. The van der Waals surface area contributed by atoms with Gasteiger partial charge < -0.3 is 15.8 Å². The van der Waals surface area contributed by atoms with Crippen LogP contribution < -0.4 is 11.1 Å². The largest absolute Gasteiger partial charge is 0.467 e. The Hall–Kier alpha value is -2.82. The highest BCUT2D eigenvalue weighted by molar-refractivity contribution is 5.99. The van der Waals surface area contributed by atoms with Gasteiger partial charge in [0.05, 0.1) is 12.7 Å². The standard InChI is InChI=1S/C16H16N2O3/c1-21-16(20)14(11-7-3-2-4-8-11)18-13-10-6-5-9-12(13)15(17)19/h2-10,14,18H,1H3,(H2,17,19). The van der Waals surface area contributed by atoms with E-state index in [1.165, 1.54) is 7.11 Å². The SMILES string of the molecule is COC(=O)C(Nc1ccccc1C(N)=O)c1ccccc1. The average molecular weight is 284 g/mol. The van der Waals surface area contributed by atoms with Crippen molar-refractivity contribution in [1.29, 1.82) is 0 Å². The normalized spacial score (nSPS) is 11.5. The lowest BCUT2D eigenvalue weighted by Crippen LogP contribution is -2.24. The van der Waals surface area contributed by atoms with Crippen LogP contribution in [0.2, 0.25) is 0 Å². The molecule has 5 heteroatoms. The van der Waals surface area contributed by atoms with Crippen molar-refractivity contribution in [3.05, 3.63) is 65.7 Å². The Bertz CT molecular complexity index is 641. The summed E-state index contributed by atoms with van der Waals surface area (Å²) < 4.78 is 4.82. The van der Waals surface area contributed by atoms with Crippen molar-refractivity contribution in [2.45, 2.75) is 6.04 Å². The number of nitrogens with two attached hydrogens (primary N) is 1. The second-order valence-electron chi connectivity index (χ2n) is 4.42. The molecule has 5 nitrogen and oxygen atoms in total. The molecule has 0 fully saturated rings. The number of hydrogen-bond acceptors (Lipinski definition) is 4. The van der Waals surface area contributed by atoms with E-state index in [9.17, 15) is 9.59 Å². The fourth-order valence-electron chi connectivity index (χ4n) is 2.02. The van der Waals surface area contributed by atoms with E-state index in [-0.39, 0.29) is 0 Å². The van der Waals surface area contributed by atoms with E-state index in [1.54, 1.807) is 24.3 Å². The van der Waals surface area contributed by atoms with Crippen LogP contribution in [0.3, 0.4) is 0 Å². The summed E-state index contributed by atoms with van der Waals surface area (Å²) >= 11 is 0. The lowest BCUT2D eigenvalue weighted by molar-refractivity contribution is -0.141. The van der Waals surface area contributed by atoms with Crippen molar-refractivity contribution in [3.63, 3.8) is 0 Å². The summed E-state index contributed by atoms with van der Waals surface area (Å²) in [7, 11) is 1.32. The zero-order valence-corrected chi connectivity index (χ0v) is 11.6. The van der Waals surface area contributed by atoms with Crippen molar-refractivity contribution >= 4 is 17.6 Å². The van der Waals surface area contributed by atoms with E-state index in [1.807, 2.05) is 30.3 Å². The molecule has 1 atom stereocenters. The molecule has 108 valence electrons. The Morgan fingerprint density at radius 2 is 1.67 bits per heavy atom. The average Bonchev–Trinajstić information content (AvgIpc) is 2.53. The number of primary amides is 1. The highest BCUT2D eigenvalue weighted by Gasteiger charge is 2.22. The number of hydrogen-bond donors (Lipinski definition) is 2. The highest BCUT2D eigenvalue weighted by Crippen LogP contribution is 2.23. The van der Waals surface area contributed by atoms with Gasteiger partial charge >= 0.3 is 5.97 Å². The molecule has 21 heavy (non-hydrogen) atoms. The minimum atomic E-state index is -0.711. The summed E-state index contributed by atoms with van der Waals surface area (Å²) in [5, 5.41) is 3.02. The molecule has 0 aliphatic carbocycles. The summed E-state index contributed by atoms with van der Waals surface area (Å²) in [4.78, 5) is 23.4. The monoisotopic (exact) mass is 284 g/mol. The van der Waals surface area contributed by atoms with Crippen molar-refractivity contribution in [2.75, 3.05) is 12.4 Å². The number of carbonyl (C=O) groups excluding carboxylic acids is 2. The maximum absolute atomic E-state index is 12.0. The number of para-hydroxylation sites is 1. The molecule has 1 unspecified atom stereocenters. The third-order valence-corrected chi connectivity index (χ3v) is 3.06. The molecule has 2 aromatic carbocycles. The van der Waals surface area contributed by atoms with Crippen LogP contribution in [0.25, 0.3) is 0 Å². The van der Waals surface area contributed by atoms with Crippen LogP contribution in [0.5, 0.6) is 0 Å². The van der Waals surface area contributed by atoms with E-state index in [2.05, 4.69) is 5.32 Å². The van der Waals surface area contributed by atoms with Crippen molar-refractivity contribution < 1.29 is 14.3 Å². The predicted octanol–water partition coefficient (Wildman–Crippen LogP) is 2.11. The number of benzene rings is 2. The molecule has 0 spiro atoms. The first-order valence-corrected chi connectivity index (χ1v) is 6.41. The van der Waals surface area contributed by atoms with Gasteiger partial charge in [-0.25, -0.2) is 4.79 Å². The van der Waals surface area contributed by atoms with Gasteiger partial charge in [0.2, 0.25) is 0 Å². The minimum Gasteiger partial charge on any atom is -0.467 e. The molecule has 0 radical (unpaired) electrons. The summed E-state index contributed by atoms with van der Waals surface area (Å²) in [5.41, 5.74) is 6.89. The van der Waals surface area contributed by atoms with E-state index in [0.29, 0.717) is 11.3 Å². The van der Waals surface area contributed by atoms with Gasteiger partial charge in [0, 0.05) is 5.69 Å². The first-order chi connectivity index (χ1) is 10.1. The number of nitrogens with one attached hydrogen (secondary N) is 1. The second kappa shape index (κ2) is 6.56. The third kappa shape index (κ3) is 3.39. The first kappa shape index (κ1) is 14.6. The molecule has 3 N–H and O–H groups in total. The van der Waals surface area contributed by atoms with Gasteiger partial charge in [-0.2, -0.15) is 0 Å². The number of ether oxygens (including phenoxy) is 1. The molecule has 0 saturated heterocycles. The van der Waals surface area contributed by atoms with Gasteiger partial charge in [0.25, 0.3) is 5.91 Å². The minimum absolute atomic E-state index is 0.322. The summed E-state index contributed by atoms with van der Waals surface area (Å²) in [6.07, 6.45) is 0. The van der Waals surface area contributed by atoms with Crippen LogP contribution in [-0.4, -0.2) is 19.0 Å². The van der Waals surface area contributed by atoms with E-state index in [4.69, 9.17) is 10.5 Å². The van der Waals surface area contributed by atoms with Gasteiger partial charge in [-0.3, -0.25) is 4.79 Å². The number of methoxy groups -OCH3 is 1. The fourth-order valence-corrected chi connectivity index (χ4v) is 2.02. The fraction of sp³-hybridized carbons (Fsp3) is 0.125. The topological polar surface area (TPSA) is 81.4 Å². The van der Waals surface area contributed by atoms with Crippen LogP contribution in [0.4, 0.5) is 5.69 Å². The van der Waals surface area contributed by atoms with Crippen LogP contribution in [-0.2, 0) is 9.53 Å². The summed E-state index contributed by atoms with van der Waals surface area (Å²) in [6, 6.07) is 15.2. The van der Waals surface area contributed by atoms with Gasteiger partial charge in [0.15, 0.2) is 6.04 Å². The lowest BCUT2D eigenvalue weighted by atomic mass is 10.1.